The van der Waals surface area contributed by atoms with Gasteiger partial charge in [-0.05, 0) is 43.2 Å². The standard InChI is InChI=1S/C19H22N4O3/c1-12-4-6-15(20-9-12)10-23(3)19(25)21-13(2)14-5-7-17-16(8-14)22-18(24)11-26-17/h4-9,13H,10-11H2,1-3H3,(H,21,25)(H,22,24)/t13-/m0/s1. The molecule has 3 rings (SSSR count). The molecule has 0 aliphatic carbocycles. The van der Waals surface area contributed by atoms with Crippen molar-refractivity contribution in [2.75, 3.05) is 19.0 Å². The van der Waals surface area contributed by atoms with Crippen LogP contribution in [0.4, 0.5) is 10.5 Å². The third-order valence-electron chi connectivity index (χ3n) is 4.19. The van der Waals surface area contributed by atoms with Gasteiger partial charge in [-0.25, -0.2) is 4.79 Å². The van der Waals surface area contributed by atoms with Gasteiger partial charge in [0.05, 0.1) is 24.0 Å². The van der Waals surface area contributed by atoms with E-state index < -0.39 is 0 Å². The van der Waals surface area contributed by atoms with Crippen LogP contribution in [0.2, 0.25) is 0 Å². The van der Waals surface area contributed by atoms with Crippen molar-refractivity contribution >= 4 is 17.6 Å². The van der Waals surface area contributed by atoms with Crippen LogP contribution in [0.25, 0.3) is 0 Å². The molecule has 1 aromatic heterocycles. The van der Waals surface area contributed by atoms with E-state index in [1.807, 2.05) is 38.1 Å². The summed E-state index contributed by atoms with van der Waals surface area (Å²) in [6.45, 7) is 4.31. The molecule has 2 N–H and O–H groups in total. The van der Waals surface area contributed by atoms with Crippen molar-refractivity contribution in [1.29, 1.82) is 0 Å². The van der Waals surface area contributed by atoms with Crippen LogP contribution in [-0.2, 0) is 11.3 Å². The molecule has 1 aromatic carbocycles. The van der Waals surface area contributed by atoms with Gasteiger partial charge in [-0.2, -0.15) is 0 Å². The zero-order valence-electron chi connectivity index (χ0n) is 15.1. The van der Waals surface area contributed by atoms with Gasteiger partial charge in [0.25, 0.3) is 5.91 Å². The molecule has 7 heteroatoms. The number of hydrogen-bond donors (Lipinski definition) is 2. The Morgan fingerprint density at radius 3 is 2.92 bits per heavy atom. The molecule has 0 bridgehead atoms. The lowest BCUT2D eigenvalue weighted by atomic mass is 10.1. The van der Waals surface area contributed by atoms with E-state index in [-0.39, 0.29) is 24.6 Å². The Bertz CT molecular complexity index is 820. The number of carbonyl (C=O) groups excluding carboxylic acids is 2. The molecule has 0 unspecified atom stereocenters. The van der Waals surface area contributed by atoms with E-state index in [9.17, 15) is 9.59 Å². The molecule has 0 saturated heterocycles. The molecular weight excluding hydrogens is 332 g/mol. The number of ether oxygens (including phenoxy) is 1. The SMILES string of the molecule is Cc1ccc(CN(C)C(=O)N[C@@H](C)c2ccc3c(c2)NC(=O)CO3)nc1. The first-order chi connectivity index (χ1) is 12.4. The summed E-state index contributed by atoms with van der Waals surface area (Å²) in [5.74, 6) is 0.450. The van der Waals surface area contributed by atoms with Crippen molar-refractivity contribution in [2.45, 2.75) is 26.4 Å². The highest BCUT2D eigenvalue weighted by molar-refractivity contribution is 5.95. The zero-order valence-corrected chi connectivity index (χ0v) is 15.1. The van der Waals surface area contributed by atoms with E-state index in [1.165, 1.54) is 0 Å². The van der Waals surface area contributed by atoms with Crippen LogP contribution in [-0.4, -0.2) is 35.5 Å². The molecule has 1 aliphatic heterocycles. The van der Waals surface area contributed by atoms with Crippen LogP contribution in [0.5, 0.6) is 5.75 Å². The minimum absolute atomic E-state index is 0.0243. The third-order valence-corrected chi connectivity index (χ3v) is 4.19. The highest BCUT2D eigenvalue weighted by Crippen LogP contribution is 2.30. The molecule has 3 amide bonds. The number of carbonyl (C=O) groups is 2. The fourth-order valence-corrected chi connectivity index (χ4v) is 2.66. The van der Waals surface area contributed by atoms with Gasteiger partial charge in [0, 0.05) is 13.2 Å². The van der Waals surface area contributed by atoms with Crippen molar-refractivity contribution in [3.05, 3.63) is 53.3 Å². The van der Waals surface area contributed by atoms with Crippen molar-refractivity contribution in [1.82, 2.24) is 15.2 Å². The molecule has 26 heavy (non-hydrogen) atoms. The second-order valence-corrected chi connectivity index (χ2v) is 6.45. The molecular formula is C19H22N4O3. The molecule has 7 nitrogen and oxygen atoms in total. The van der Waals surface area contributed by atoms with Gasteiger partial charge in [-0.3, -0.25) is 9.78 Å². The van der Waals surface area contributed by atoms with E-state index >= 15 is 0 Å². The maximum Gasteiger partial charge on any atom is 0.317 e. The lowest BCUT2D eigenvalue weighted by molar-refractivity contribution is -0.118. The first-order valence-corrected chi connectivity index (χ1v) is 8.42. The highest BCUT2D eigenvalue weighted by atomic mass is 16.5. The number of nitrogens with one attached hydrogen (secondary N) is 2. The number of rotatable bonds is 4. The number of urea groups is 1. The molecule has 0 radical (unpaired) electrons. The number of benzene rings is 1. The Balaban J connectivity index is 1.62. The van der Waals surface area contributed by atoms with Gasteiger partial charge in [0.1, 0.15) is 5.75 Å². The fraction of sp³-hybridized carbons (Fsp3) is 0.316. The average Bonchev–Trinajstić information content (AvgIpc) is 2.62. The number of hydrogen-bond acceptors (Lipinski definition) is 4. The lowest BCUT2D eigenvalue weighted by Crippen LogP contribution is -2.38. The van der Waals surface area contributed by atoms with Crippen LogP contribution < -0.4 is 15.4 Å². The Hall–Kier alpha value is -3.09. The van der Waals surface area contributed by atoms with Crippen LogP contribution in [0.3, 0.4) is 0 Å². The van der Waals surface area contributed by atoms with E-state index in [1.54, 1.807) is 24.2 Å². The predicted octanol–water partition coefficient (Wildman–Crippen LogP) is 2.62. The quantitative estimate of drug-likeness (QED) is 0.884. The van der Waals surface area contributed by atoms with Gasteiger partial charge in [0.2, 0.25) is 0 Å². The largest absolute Gasteiger partial charge is 0.482 e. The Labute approximate surface area is 152 Å². The van der Waals surface area contributed by atoms with Crippen molar-refractivity contribution in [3.63, 3.8) is 0 Å². The summed E-state index contributed by atoms with van der Waals surface area (Å²) in [5.41, 5.74) is 3.41. The van der Waals surface area contributed by atoms with E-state index in [2.05, 4.69) is 15.6 Å². The fourth-order valence-electron chi connectivity index (χ4n) is 2.66. The first-order valence-electron chi connectivity index (χ1n) is 8.42. The van der Waals surface area contributed by atoms with Crippen LogP contribution in [0, 0.1) is 6.92 Å². The predicted molar refractivity (Wildman–Crippen MR) is 98.0 cm³/mol. The summed E-state index contributed by atoms with van der Waals surface area (Å²) in [7, 11) is 1.73. The summed E-state index contributed by atoms with van der Waals surface area (Å²) in [5, 5.41) is 5.72. The first kappa shape index (κ1) is 17.7. The summed E-state index contributed by atoms with van der Waals surface area (Å²) >= 11 is 0. The van der Waals surface area contributed by atoms with Crippen molar-refractivity contribution in [3.8, 4) is 5.75 Å². The van der Waals surface area contributed by atoms with Gasteiger partial charge in [-0.15, -0.1) is 0 Å². The normalized spacial score (nSPS) is 13.9. The Morgan fingerprint density at radius 2 is 2.19 bits per heavy atom. The Kier molecular flexibility index (Phi) is 5.06. The number of amides is 3. The summed E-state index contributed by atoms with van der Waals surface area (Å²) in [6, 6.07) is 8.96. The third kappa shape index (κ3) is 4.11. The molecule has 0 spiro atoms. The molecule has 2 aromatic rings. The number of fused-ring (bicyclic) bond motifs is 1. The maximum absolute atomic E-state index is 12.4. The van der Waals surface area contributed by atoms with E-state index in [0.717, 1.165) is 16.8 Å². The number of aryl methyl sites for hydroxylation is 1. The van der Waals surface area contributed by atoms with Crippen molar-refractivity contribution < 1.29 is 14.3 Å². The second kappa shape index (κ2) is 7.43. The molecule has 1 aliphatic rings. The molecule has 2 heterocycles. The van der Waals surface area contributed by atoms with Crippen molar-refractivity contribution in [2.24, 2.45) is 0 Å². The second-order valence-electron chi connectivity index (χ2n) is 6.45. The minimum Gasteiger partial charge on any atom is -0.482 e. The molecule has 0 saturated carbocycles. The van der Waals surface area contributed by atoms with Crippen LogP contribution in [0.15, 0.2) is 36.5 Å². The lowest BCUT2D eigenvalue weighted by Gasteiger charge is -2.23. The van der Waals surface area contributed by atoms with E-state index in [0.29, 0.717) is 18.0 Å². The zero-order chi connectivity index (χ0) is 18.7. The topological polar surface area (TPSA) is 83.6 Å². The van der Waals surface area contributed by atoms with Gasteiger partial charge < -0.3 is 20.3 Å². The molecule has 136 valence electrons. The summed E-state index contributed by atoms with van der Waals surface area (Å²) < 4.78 is 5.35. The van der Waals surface area contributed by atoms with Gasteiger partial charge >= 0.3 is 6.03 Å². The number of nitrogens with zero attached hydrogens (tertiary/aromatic N) is 2. The Morgan fingerprint density at radius 1 is 1.38 bits per heavy atom. The van der Waals surface area contributed by atoms with Gasteiger partial charge in [0.15, 0.2) is 6.61 Å². The maximum atomic E-state index is 12.4. The monoisotopic (exact) mass is 354 g/mol. The van der Waals surface area contributed by atoms with E-state index in [4.69, 9.17) is 4.74 Å². The number of anilines is 1. The van der Waals surface area contributed by atoms with Crippen LogP contribution in [0.1, 0.15) is 29.8 Å². The van der Waals surface area contributed by atoms with Gasteiger partial charge in [-0.1, -0.05) is 12.1 Å². The number of aromatic nitrogens is 1. The average molecular weight is 354 g/mol. The van der Waals surface area contributed by atoms with Crippen LogP contribution >= 0.6 is 0 Å². The molecule has 0 fully saturated rings. The summed E-state index contributed by atoms with van der Waals surface area (Å²) in [4.78, 5) is 29.8. The minimum atomic E-state index is -0.222. The summed E-state index contributed by atoms with van der Waals surface area (Å²) in [6.07, 6.45) is 1.78. The molecule has 1 atom stereocenters. The smallest absolute Gasteiger partial charge is 0.317 e. The number of pyridine rings is 1. The highest BCUT2D eigenvalue weighted by Gasteiger charge is 2.19.